The summed E-state index contributed by atoms with van der Waals surface area (Å²) < 4.78 is 1.80. The number of amides is 1. The van der Waals surface area contributed by atoms with Gasteiger partial charge in [-0.25, -0.2) is 4.68 Å². The molecule has 0 fully saturated rings. The summed E-state index contributed by atoms with van der Waals surface area (Å²) in [5.74, 6) is -0.271. The van der Waals surface area contributed by atoms with Gasteiger partial charge in [0.2, 0.25) is 5.91 Å². The van der Waals surface area contributed by atoms with Crippen molar-refractivity contribution in [2.45, 2.75) is 32.1 Å². The number of hydrogen-bond donors (Lipinski definition) is 1. The number of nitrogens with one attached hydrogen (secondary N) is 1. The zero-order valence-electron chi connectivity index (χ0n) is 19.0. The largest absolute Gasteiger partial charge is 0.313 e. The summed E-state index contributed by atoms with van der Waals surface area (Å²) in [6.07, 6.45) is 10.4. The number of hydrogen-bond acceptors (Lipinski definition) is 4. The van der Waals surface area contributed by atoms with Gasteiger partial charge in [-0.05, 0) is 61.6 Å². The highest BCUT2D eigenvalue weighted by molar-refractivity contribution is 7.16. The highest BCUT2D eigenvalue weighted by Gasteiger charge is 2.20. The van der Waals surface area contributed by atoms with Crippen molar-refractivity contribution in [3.63, 3.8) is 0 Å². The van der Waals surface area contributed by atoms with E-state index in [0.29, 0.717) is 15.6 Å². The molecule has 0 saturated carbocycles. The third kappa shape index (κ3) is 5.07. The third-order valence-corrected chi connectivity index (χ3v) is 7.52. The fourth-order valence-corrected chi connectivity index (χ4v) is 5.69. The number of rotatable bonds is 5. The number of aromatic nitrogens is 2. The quantitative estimate of drug-likeness (QED) is 0.237. The highest BCUT2D eigenvalue weighted by Crippen LogP contribution is 2.37. The average molecular weight is 499 g/mol. The fourth-order valence-electron chi connectivity index (χ4n) is 4.32. The molecule has 1 N–H and O–H groups in total. The lowest BCUT2D eigenvalue weighted by atomic mass is 10.1. The Labute approximate surface area is 213 Å². The summed E-state index contributed by atoms with van der Waals surface area (Å²) in [7, 11) is 0. The van der Waals surface area contributed by atoms with Gasteiger partial charge in [-0.15, -0.1) is 11.3 Å². The van der Waals surface area contributed by atoms with Crippen LogP contribution in [0.1, 0.15) is 40.8 Å². The standard InChI is InChI=1S/C28H23ClN4OS/c29-21-14-11-19(12-15-21)27-20(18-33(32-27)22-7-3-1-4-8-22)13-16-26(34)31-28-24(17-30)23-9-5-2-6-10-25(23)35-28/h1,3-4,7-8,11-16,18H,2,5-6,9-10H2,(H,31,34)/b16-13+. The molecule has 1 amide bonds. The van der Waals surface area contributed by atoms with Crippen LogP contribution >= 0.6 is 22.9 Å². The molecule has 5 nitrogen and oxygen atoms in total. The first-order valence-electron chi connectivity index (χ1n) is 11.6. The van der Waals surface area contributed by atoms with Crippen molar-refractivity contribution in [2.75, 3.05) is 5.32 Å². The number of nitriles is 1. The minimum Gasteiger partial charge on any atom is -0.313 e. The van der Waals surface area contributed by atoms with E-state index in [2.05, 4.69) is 11.4 Å². The predicted octanol–water partition coefficient (Wildman–Crippen LogP) is 7.05. The number of carbonyl (C=O) groups is 1. The molecule has 1 aliphatic carbocycles. The lowest BCUT2D eigenvalue weighted by Gasteiger charge is -2.01. The van der Waals surface area contributed by atoms with Crippen molar-refractivity contribution >= 4 is 39.9 Å². The number of thiophene rings is 1. The Morgan fingerprint density at radius 1 is 1.09 bits per heavy atom. The monoisotopic (exact) mass is 498 g/mol. The van der Waals surface area contributed by atoms with Gasteiger partial charge in [0.05, 0.1) is 16.9 Å². The Bertz CT molecular complexity index is 1430. The van der Waals surface area contributed by atoms with Crippen LogP contribution in [0.5, 0.6) is 0 Å². The summed E-state index contributed by atoms with van der Waals surface area (Å²) in [6, 6.07) is 19.6. The Balaban J connectivity index is 1.43. The molecule has 0 bridgehead atoms. The Morgan fingerprint density at radius 2 is 1.86 bits per heavy atom. The lowest BCUT2D eigenvalue weighted by Crippen LogP contribution is -2.07. The molecule has 0 radical (unpaired) electrons. The molecule has 0 spiro atoms. The van der Waals surface area contributed by atoms with Gasteiger partial charge >= 0.3 is 0 Å². The van der Waals surface area contributed by atoms with Crippen LogP contribution < -0.4 is 5.32 Å². The fraction of sp³-hybridized carbons (Fsp3) is 0.179. The zero-order chi connectivity index (χ0) is 24.2. The third-order valence-electron chi connectivity index (χ3n) is 6.07. The van der Waals surface area contributed by atoms with Gasteiger partial charge in [-0.1, -0.05) is 48.4 Å². The van der Waals surface area contributed by atoms with Crippen LogP contribution in [0, 0.1) is 11.3 Å². The topological polar surface area (TPSA) is 70.7 Å². The number of fused-ring (bicyclic) bond motifs is 1. The molecule has 4 aromatic rings. The second-order valence-electron chi connectivity index (χ2n) is 8.42. The molecule has 2 aromatic carbocycles. The van der Waals surface area contributed by atoms with Crippen LogP contribution in [0.25, 0.3) is 23.0 Å². The second-order valence-corrected chi connectivity index (χ2v) is 9.96. The van der Waals surface area contributed by atoms with E-state index in [1.807, 2.05) is 60.8 Å². The first-order chi connectivity index (χ1) is 17.1. The van der Waals surface area contributed by atoms with Gasteiger partial charge in [0, 0.05) is 33.3 Å². The van der Waals surface area contributed by atoms with Gasteiger partial charge < -0.3 is 5.32 Å². The van der Waals surface area contributed by atoms with E-state index >= 15 is 0 Å². The molecule has 35 heavy (non-hydrogen) atoms. The molecule has 0 unspecified atom stereocenters. The van der Waals surface area contributed by atoms with Crippen molar-refractivity contribution in [2.24, 2.45) is 0 Å². The second kappa shape index (κ2) is 10.3. The molecule has 7 heteroatoms. The minimum atomic E-state index is -0.271. The number of benzene rings is 2. The van der Waals surface area contributed by atoms with Crippen molar-refractivity contribution in [1.29, 1.82) is 5.26 Å². The van der Waals surface area contributed by atoms with Crippen LogP contribution in [0.2, 0.25) is 5.02 Å². The summed E-state index contributed by atoms with van der Waals surface area (Å²) in [5.41, 5.74) is 5.10. The van der Waals surface area contributed by atoms with Crippen molar-refractivity contribution < 1.29 is 4.79 Å². The highest BCUT2D eigenvalue weighted by atomic mass is 35.5. The van der Waals surface area contributed by atoms with Crippen LogP contribution in [-0.4, -0.2) is 15.7 Å². The van der Waals surface area contributed by atoms with Gasteiger partial charge in [-0.2, -0.15) is 10.4 Å². The van der Waals surface area contributed by atoms with E-state index in [-0.39, 0.29) is 5.91 Å². The number of aryl methyl sites for hydroxylation is 1. The van der Waals surface area contributed by atoms with Crippen LogP contribution in [0.15, 0.2) is 66.9 Å². The van der Waals surface area contributed by atoms with E-state index in [4.69, 9.17) is 16.7 Å². The molecule has 174 valence electrons. The first-order valence-corrected chi connectivity index (χ1v) is 12.8. The first kappa shape index (κ1) is 23.1. The molecule has 2 heterocycles. The van der Waals surface area contributed by atoms with Crippen LogP contribution in [0.3, 0.4) is 0 Å². The van der Waals surface area contributed by atoms with Crippen molar-refractivity contribution in [3.8, 4) is 23.0 Å². The normalized spacial score (nSPS) is 13.3. The van der Waals surface area contributed by atoms with Gasteiger partial charge in [0.1, 0.15) is 11.1 Å². The summed E-state index contributed by atoms with van der Waals surface area (Å²) in [6.45, 7) is 0. The Morgan fingerprint density at radius 3 is 2.63 bits per heavy atom. The maximum absolute atomic E-state index is 12.9. The molecule has 0 atom stereocenters. The predicted molar refractivity (Wildman–Crippen MR) is 142 cm³/mol. The summed E-state index contributed by atoms with van der Waals surface area (Å²) in [5, 5.41) is 18.7. The van der Waals surface area contributed by atoms with Crippen molar-refractivity contribution in [3.05, 3.63) is 93.5 Å². The summed E-state index contributed by atoms with van der Waals surface area (Å²) in [4.78, 5) is 14.1. The number of para-hydroxylation sites is 1. The smallest absolute Gasteiger partial charge is 0.249 e. The molecule has 5 rings (SSSR count). The zero-order valence-corrected chi connectivity index (χ0v) is 20.6. The molecule has 0 aliphatic heterocycles. The van der Waals surface area contributed by atoms with E-state index in [1.54, 1.807) is 10.8 Å². The lowest BCUT2D eigenvalue weighted by molar-refractivity contribution is -0.111. The number of nitrogens with zero attached hydrogens (tertiary/aromatic N) is 3. The maximum Gasteiger partial charge on any atom is 0.249 e. The van der Waals surface area contributed by atoms with Gasteiger partial charge in [0.15, 0.2) is 0 Å². The number of anilines is 1. The Kier molecular flexibility index (Phi) is 6.80. The SMILES string of the molecule is N#Cc1c(NC(=O)/C=C/c2cn(-c3ccccc3)nc2-c2ccc(Cl)cc2)sc2c1CCCCC2. The molecule has 2 aromatic heterocycles. The van der Waals surface area contributed by atoms with E-state index in [0.717, 1.165) is 53.8 Å². The summed E-state index contributed by atoms with van der Waals surface area (Å²) >= 11 is 7.61. The molecular formula is C28H23ClN4OS. The molecule has 1 aliphatic rings. The van der Waals surface area contributed by atoms with E-state index in [1.165, 1.54) is 28.7 Å². The molecular weight excluding hydrogens is 476 g/mol. The number of carbonyl (C=O) groups excluding carboxylic acids is 1. The van der Waals surface area contributed by atoms with Gasteiger partial charge in [-0.3, -0.25) is 4.79 Å². The number of halogens is 1. The van der Waals surface area contributed by atoms with E-state index in [9.17, 15) is 10.1 Å². The molecule has 0 saturated heterocycles. The maximum atomic E-state index is 12.9. The van der Waals surface area contributed by atoms with Crippen LogP contribution in [-0.2, 0) is 17.6 Å². The minimum absolute atomic E-state index is 0.271. The average Bonchev–Trinajstić information content (AvgIpc) is 3.36. The van der Waals surface area contributed by atoms with Crippen molar-refractivity contribution in [1.82, 2.24) is 9.78 Å². The van der Waals surface area contributed by atoms with E-state index < -0.39 is 0 Å². The van der Waals surface area contributed by atoms with Gasteiger partial charge in [0.25, 0.3) is 0 Å². The Hall–Kier alpha value is -3.66. The van der Waals surface area contributed by atoms with Crippen LogP contribution in [0.4, 0.5) is 5.00 Å².